The maximum absolute atomic E-state index is 10.5. The number of amides is 1. The summed E-state index contributed by atoms with van der Waals surface area (Å²) >= 11 is 0. The molecule has 62 valence electrons. The summed E-state index contributed by atoms with van der Waals surface area (Å²) in [6, 6.07) is 0. The zero-order chi connectivity index (χ0) is 7.84. The lowest BCUT2D eigenvalue weighted by Crippen LogP contribution is -2.30. The van der Waals surface area contributed by atoms with E-state index in [1.165, 1.54) is 4.90 Å². The summed E-state index contributed by atoms with van der Waals surface area (Å²) in [5, 5.41) is 11.9. The van der Waals surface area contributed by atoms with Crippen molar-refractivity contribution in [2.75, 3.05) is 26.2 Å². The number of hydrogen-bond acceptors (Lipinski definition) is 2. The molecular formula is C7H12N2O2. The molecular weight excluding hydrogens is 144 g/mol. The molecule has 4 nitrogen and oxygen atoms in total. The molecule has 0 aromatic carbocycles. The van der Waals surface area contributed by atoms with E-state index >= 15 is 0 Å². The van der Waals surface area contributed by atoms with Gasteiger partial charge in [0.05, 0.1) is 0 Å². The van der Waals surface area contributed by atoms with Crippen LogP contribution < -0.4 is 5.32 Å². The topological polar surface area (TPSA) is 52.6 Å². The SMILES string of the molecule is O=C(O)N1C[C@@H]2CNC[C@H]2C1. The molecule has 4 heteroatoms. The first-order valence-electron chi connectivity index (χ1n) is 3.96. The number of nitrogens with zero attached hydrogens (tertiary/aromatic N) is 1. The summed E-state index contributed by atoms with van der Waals surface area (Å²) in [4.78, 5) is 12.1. The van der Waals surface area contributed by atoms with E-state index in [2.05, 4.69) is 5.32 Å². The van der Waals surface area contributed by atoms with Crippen LogP contribution in [0.25, 0.3) is 0 Å². The van der Waals surface area contributed by atoms with Crippen molar-refractivity contribution in [3.8, 4) is 0 Å². The lowest BCUT2D eigenvalue weighted by molar-refractivity contribution is 0.152. The lowest BCUT2D eigenvalue weighted by atomic mass is 10.0. The summed E-state index contributed by atoms with van der Waals surface area (Å²) in [6.07, 6.45) is -0.764. The van der Waals surface area contributed by atoms with Crippen LogP contribution in [0.4, 0.5) is 4.79 Å². The van der Waals surface area contributed by atoms with Crippen molar-refractivity contribution < 1.29 is 9.90 Å². The number of carbonyl (C=O) groups is 1. The molecule has 0 saturated carbocycles. The minimum atomic E-state index is -0.764. The Morgan fingerprint density at radius 2 is 1.91 bits per heavy atom. The first kappa shape index (κ1) is 6.91. The molecule has 2 heterocycles. The predicted molar refractivity (Wildman–Crippen MR) is 39.4 cm³/mol. The number of nitrogens with one attached hydrogen (secondary N) is 1. The van der Waals surface area contributed by atoms with Gasteiger partial charge >= 0.3 is 6.09 Å². The Balaban J connectivity index is 1.99. The number of likely N-dealkylation sites (tertiary alicyclic amines) is 1. The normalized spacial score (nSPS) is 35.8. The zero-order valence-electron chi connectivity index (χ0n) is 6.29. The van der Waals surface area contributed by atoms with E-state index in [0.29, 0.717) is 11.8 Å². The second-order valence-corrected chi connectivity index (χ2v) is 3.37. The fraction of sp³-hybridized carbons (Fsp3) is 0.857. The molecule has 2 N–H and O–H groups in total. The highest BCUT2D eigenvalue weighted by molar-refractivity contribution is 5.65. The van der Waals surface area contributed by atoms with E-state index < -0.39 is 6.09 Å². The molecule has 11 heavy (non-hydrogen) atoms. The first-order valence-corrected chi connectivity index (χ1v) is 3.96. The van der Waals surface area contributed by atoms with Crippen LogP contribution in [0.5, 0.6) is 0 Å². The summed E-state index contributed by atoms with van der Waals surface area (Å²) in [5.74, 6) is 1.15. The molecule has 0 aliphatic carbocycles. The smallest absolute Gasteiger partial charge is 0.407 e. The molecule has 0 aromatic heterocycles. The molecule has 0 bridgehead atoms. The number of hydrogen-bond donors (Lipinski definition) is 2. The van der Waals surface area contributed by atoms with Crippen molar-refractivity contribution in [2.24, 2.45) is 11.8 Å². The molecule has 0 radical (unpaired) electrons. The molecule has 1 amide bonds. The van der Waals surface area contributed by atoms with Gasteiger partial charge in [0.2, 0.25) is 0 Å². The van der Waals surface area contributed by atoms with Gasteiger partial charge in [-0.05, 0) is 11.8 Å². The van der Waals surface area contributed by atoms with E-state index in [1.807, 2.05) is 0 Å². The van der Waals surface area contributed by atoms with E-state index in [0.717, 1.165) is 26.2 Å². The minimum absolute atomic E-state index is 0.575. The molecule has 2 aliphatic rings. The van der Waals surface area contributed by atoms with Crippen LogP contribution in [0.2, 0.25) is 0 Å². The van der Waals surface area contributed by atoms with Gasteiger partial charge in [0.15, 0.2) is 0 Å². The standard InChI is InChI=1S/C7H12N2O2/c10-7(11)9-3-5-1-8-2-6(5)4-9/h5-6,8H,1-4H2,(H,10,11)/t5-,6-/m0/s1. The molecule has 0 unspecified atom stereocenters. The van der Waals surface area contributed by atoms with Gasteiger partial charge in [-0.2, -0.15) is 0 Å². The third kappa shape index (κ3) is 1.07. The Bertz CT molecular complexity index is 171. The van der Waals surface area contributed by atoms with Crippen molar-refractivity contribution >= 4 is 6.09 Å². The molecule has 2 rings (SSSR count). The summed E-state index contributed by atoms with van der Waals surface area (Å²) < 4.78 is 0. The highest BCUT2D eigenvalue weighted by atomic mass is 16.4. The van der Waals surface area contributed by atoms with Crippen molar-refractivity contribution in [2.45, 2.75) is 0 Å². The minimum Gasteiger partial charge on any atom is -0.465 e. The zero-order valence-corrected chi connectivity index (χ0v) is 6.29. The molecule has 2 aliphatic heterocycles. The van der Waals surface area contributed by atoms with Gasteiger partial charge in [0.25, 0.3) is 0 Å². The van der Waals surface area contributed by atoms with Gasteiger partial charge in [-0.3, -0.25) is 0 Å². The maximum Gasteiger partial charge on any atom is 0.407 e. The molecule has 2 fully saturated rings. The van der Waals surface area contributed by atoms with E-state index in [4.69, 9.17) is 5.11 Å². The van der Waals surface area contributed by atoms with Crippen molar-refractivity contribution in [3.63, 3.8) is 0 Å². The second-order valence-electron chi connectivity index (χ2n) is 3.37. The molecule has 0 spiro atoms. The van der Waals surface area contributed by atoms with Gasteiger partial charge in [-0.15, -0.1) is 0 Å². The van der Waals surface area contributed by atoms with Gasteiger partial charge in [0, 0.05) is 26.2 Å². The van der Waals surface area contributed by atoms with Crippen LogP contribution in [0.3, 0.4) is 0 Å². The molecule has 2 saturated heterocycles. The van der Waals surface area contributed by atoms with Crippen LogP contribution in [0, 0.1) is 11.8 Å². The average Bonchev–Trinajstić information content (AvgIpc) is 2.40. The Hall–Kier alpha value is -0.770. The number of fused-ring (bicyclic) bond motifs is 1. The predicted octanol–water partition coefficient (Wildman–Crippen LogP) is -0.184. The van der Waals surface area contributed by atoms with Gasteiger partial charge in [-0.25, -0.2) is 4.79 Å². The van der Waals surface area contributed by atoms with E-state index in [9.17, 15) is 4.79 Å². The Morgan fingerprint density at radius 3 is 2.36 bits per heavy atom. The Kier molecular flexibility index (Phi) is 1.49. The van der Waals surface area contributed by atoms with Crippen LogP contribution >= 0.6 is 0 Å². The van der Waals surface area contributed by atoms with Crippen molar-refractivity contribution in [1.82, 2.24) is 10.2 Å². The molecule has 0 aromatic rings. The number of rotatable bonds is 0. The quantitative estimate of drug-likeness (QED) is 0.511. The third-order valence-electron chi connectivity index (χ3n) is 2.66. The Labute approximate surface area is 65.2 Å². The average molecular weight is 156 g/mol. The van der Waals surface area contributed by atoms with E-state index in [1.54, 1.807) is 0 Å². The first-order chi connectivity index (χ1) is 5.27. The van der Waals surface area contributed by atoms with Crippen LogP contribution in [-0.2, 0) is 0 Å². The lowest BCUT2D eigenvalue weighted by Gasteiger charge is -2.11. The van der Waals surface area contributed by atoms with Crippen molar-refractivity contribution in [3.05, 3.63) is 0 Å². The monoisotopic (exact) mass is 156 g/mol. The van der Waals surface area contributed by atoms with Crippen LogP contribution in [0.1, 0.15) is 0 Å². The Morgan fingerprint density at radius 1 is 1.36 bits per heavy atom. The fourth-order valence-electron chi connectivity index (χ4n) is 2.01. The largest absolute Gasteiger partial charge is 0.465 e. The third-order valence-corrected chi connectivity index (χ3v) is 2.66. The van der Waals surface area contributed by atoms with E-state index in [-0.39, 0.29) is 0 Å². The molecule has 2 atom stereocenters. The highest BCUT2D eigenvalue weighted by Gasteiger charge is 2.37. The van der Waals surface area contributed by atoms with Gasteiger partial charge in [-0.1, -0.05) is 0 Å². The van der Waals surface area contributed by atoms with Gasteiger partial charge in [0.1, 0.15) is 0 Å². The summed E-state index contributed by atoms with van der Waals surface area (Å²) in [7, 11) is 0. The van der Waals surface area contributed by atoms with Crippen molar-refractivity contribution in [1.29, 1.82) is 0 Å². The highest BCUT2D eigenvalue weighted by Crippen LogP contribution is 2.25. The summed E-state index contributed by atoms with van der Waals surface area (Å²) in [6.45, 7) is 3.45. The van der Waals surface area contributed by atoms with Gasteiger partial charge < -0.3 is 15.3 Å². The fourth-order valence-corrected chi connectivity index (χ4v) is 2.01. The van der Waals surface area contributed by atoms with Crippen LogP contribution in [0.15, 0.2) is 0 Å². The summed E-state index contributed by atoms with van der Waals surface area (Å²) in [5.41, 5.74) is 0. The maximum atomic E-state index is 10.5. The van der Waals surface area contributed by atoms with Crippen LogP contribution in [-0.4, -0.2) is 42.3 Å². The second kappa shape index (κ2) is 2.37. The number of carboxylic acid groups (broad SMARTS) is 1.